The third-order valence-electron chi connectivity index (χ3n) is 4.99. The Hall–Kier alpha value is -2.30. The van der Waals surface area contributed by atoms with Crippen LogP contribution in [-0.4, -0.2) is 39.7 Å². The second-order valence-electron chi connectivity index (χ2n) is 7.31. The lowest BCUT2D eigenvalue weighted by Gasteiger charge is -2.33. The SMILES string of the molecule is Cc1cc(C(=O)N2CCC[C@H](Nc3ccc(C(C)C)cc3)C2)nn1C. The Balaban J connectivity index is 1.63. The monoisotopic (exact) mass is 340 g/mol. The fraction of sp³-hybridized carbons (Fsp3) is 0.500. The summed E-state index contributed by atoms with van der Waals surface area (Å²) in [5, 5.41) is 7.91. The summed E-state index contributed by atoms with van der Waals surface area (Å²) < 4.78 is 1.75. The second-order valence-corrected chi connectivity index (χ2v) is 7.31. The zero-order valence-corrected chi connectivity index (χ0v) is 15.6. The minimum absolute atomic E-state index is 0.0327. The van der Waals surface area contributed by atoms with Crippen molar-refractivity contribution in [3.63, 3.8) is 0 Å². The maximum atomic E-state index is 12.7. The molecule has 0 spiro atoms. The van der Waals surface area contributed by atoms with Crippen LogP contribution in [0, 0.1) is 6.92 Å². The van der Waals surface area contributed by atoms with Gasteiger partial charge in [-0.3, -0.25) is 9.48 Å². The van der Waals surface area contributed by atoms with E-state index >= 15 is 0 Å². The van der Waals surface area contributed by atoms with Gasteiger partial charge in [-0.25, -0.2) is 0 Å². The summed E-state index contributed by atoms with van der Waals surface area (Å²) in [4.78, 5) is 14.6. The van der Waals surface area contributed by atoms with E-state index in [0.717, 1.165) is 37.3 Å². The van der Waals surface area contributed by atoms with Crippen molar-refractivity contribution in [1.82, 2.24) is 14.7 Å². The molecule has 1 aromatic heterocycles. The lowest BCUT2D eigenvalue weighted by atomic mass is 10.0. The average Bonchev–Trinajstić information content (AvgIpc) is 2.94. The molecular weight excluding hydrogens is 312 g/mol. The van der Waals surface area contributed by atoms with Crippen molar-refractivity contribution in [3.05, 3.63) is 47.3 Å². The smallest absolute Gasteiger partial charge is 0.274 e. The maximum absolute atomic E-state index is 12.7. The van der Waals surface area contributed by atoms with Crippen molar-refractivity contribution < 1.29 is 4.79 Å². The van der Waals surface area contributed by atoms with Gasteiger partial charge in [0.15, 0.2) is 5.69 Å². The quantitative estimate of drug-likeness (QED) is 0.926. The summed E-state index contributed by atoms with van der Waals surface area (Å²) in [6, 6.07) is 10.8. The molecule has 0 bridgehead atoms. The number of carbonyl (C=O) groups excluding carboxylic acids is 1. The number of rotatable bonds is 4. The van der Waals surface area contributed by atoms with Gasteiger partial charge >= 0.3 is 0 Å². The number of aromatic nitrogens is 2. The molecule has 5 heteroatoms. The molecular formula is C20H28N4O. The van der Waals surface area contributed by atoms with E-state index in [-0.39, 0.29) is 11.9 Å². The fourth-order valence-corrected chi connectivity index (χ4v) is 3.31. The minimum Gasteiger partial charge on any atom is -0.381 e. The Morgan fingerprint density at radius 2 is 2.00 bits per heavy atom. The molecule has 1 fully saturated rings. The summed E-state index contributed by atoms with van der Waals surface area (Å²) in [7, 11) is 1.87. The Labute approximate surface area is 150 Å². The summed E-state index contributed by atoms with van der Waals surface area (Å²) in [5.74, 6) is 0.573. The van der Waals surface area contributed by atoms with Gasteiger partial charge in [-0.05, 0) is 49.4 Å². The van der Waals surface area contributed by atoms with Gasteiger partial charge in [-0.1, -0.05) is 26.0 Å². The van der Waals surface area contributed by atoms with Crippen LogP contribution in [0.4, 0.5) is 5.69 Å². The van der Waals surface area contributed by atoms with Crippen molar-refractivity contribution in [3.8, 4) is 0 Å². The molecule has 2 aromatic rings. The van der Waals surface area contributed by atoms with Gasteiger partial charge in [-0.15, -0.1) is 0 Å². The van der Waals surface area contributed by atoms with Gasteiger partial charge in [-0.2, -0.15) is 5.10 Å². The average molecular weight is 340 g/mol. The van der Waals surface area contributed by atoms with Crippen molar-refractivity contribution in [1.29, 1.82) is 0 Å². The lowest BCUT2D eigenvalue weighted by molar-refractivity contribution is 0.0708. The third-order valence-corrected chi connectivity index (χ3v) is 4.99. The van der Waals surface area contributed by atoms with E-state index < -0.39 is 0 Å². The summed E-state index contributed by atoms with van der Waals surface area (Å²) in [5.41, 5.74) is 4.01. The highest BCUT2D eigenvalue weighted by molar-refractivity contribution is 5.92. The van der Waals surface area contributed by atoms with E-state index in [0.29, 0.717) is 11.6 Å². The molecule has 1 amide bonds. The molecule has 134 valence electrons. The molecule has 1 atom stereocenters. The van der Waals surface area contributed by atoms with Gasteiger partial charge in [0, 0.05) is 37.6 Å². The molecule has 1 aliphatic heterocycles. The van der Waals surface area contributed by atoms with E-state index in [4.69, 9.17) is 0 Å². The molecule has 1 aromatic carbocycles. The molecule has 5 nitrogen and oxygen atoms in total. The maximum Gasteiger partial charge on any atom is 0.274 e. The van der Waals surface area contributed by atoms with Crippen LogP contribution in [0.5, 0.6) is 0 Å². The summed E-state index contributed by atoms with van der Waals surface area (Å²) in [6.45, 7) is 7.89. The number of piperidine rings is 1. The Morgan fingerprint density at radius 3 is 2.60 bits per heavy atom. The van der Waals surface area contributed by atoms with Crippen LogP contribution in [0.1, 0.15) is 54.4 Å². The number of hydrogen-bond donors (Lipinski definition) is 1. The number of carbonyl (C=O) groups is 1. The third kappa shape index (κ3) is 4.03. The van der Waals surface area contributed by atoms with Crippen molar-refractivity contribution in [2.24, 2.45) is 7.05 Å². The first kappa shape index (κ1) is 17.5. The number of hydrogen-bond acceptors (Lipinski definition) is 3. The molecule has 0 unspecified atom stereocenters. The summed E-state index contributed by atoms with van der Waals surface area (Å²) in [6.07, 6.45) is 2.09. The van der Waals surface area contributed by atoms with Crippen LogP contribution < -0.4 is 5.32 Å². The van der Waals surface area contributed by atoms with Gasteiger partial charge in [0.1, 0.15) is 0 Å². The Kier molecular flexibility index (Phi) is 5.11. The molecule has 0 aliphatic carbocycles. The van der Waals surface area contributed by atoms with Crippen molar-refractivity contribution >= 4 is 11.6 Å². The van der Waals surface area contributed by atoms with Crippen LogP contribution in [-0.2, 0) is 7.05 Å². The largest absolute Gasteiger partial charge is 0.381 e. The highest BCUT2D eigenvalue weighted by atomic mass is 16.2. The van der Waals surface area contributed by atoms with Crippen LogP contribution in [0.2, 0.25) is 0 Å². The molecule has 1 aliphatic rings. The molecule has 25 heavy (non-hydrogen) atoms. The van der Waals surface area contributed by atoms with Gasteiger partial charge in [0.25, 0.3) is 5.91 Å². The van der Waals surface area contributed by atoms with Crippen molar-refractivity contribution in [2.75, 3.05) is 18.4 Å². The topological polar surface area (TPSA) is 50.2 Å². The second kappa shape index (κ2) is 7.30. The standard InChI is InChI=1S/C20H28N4O/c1-14(2)16-7-9-17(10-8-16)21-18-6-5-11-24(13-18)20(25)19-12-15(3)23(4)22-19/h7-10,12,14,18,21H,5-6,11,13H2,1-4H3/t18-/m0/s1. The van der Waals surface area contributed by atoms with E-state index in [1.54, 1.807) is 4.68 Å². The zero-order chi connectivity index (χ0) is 18.0. The van der Waals surface area contributed by atoms with Crippen LogP contribution >= 0.6 is 0 Å². The number of nitrogens with zero attached hydrogens (tertiary/aromatic N) is 3. The first-order chi connectivity index (χ1) is 11.9. The van der Waals surface area contributed by atoms with Crippen molar-refractivity contribution in [2.45, 2.75) is 45.6 Å². The first-order valence-electron chi connectivity index (χ1n) is 9.10. The number of aryl methyl sites for hydroxylation is 2. The lowest BCUT2D eigenvalue weighted by Crippen LogP contribution is -2.45. The van der Waals surface area contributed by atoms with Gasteiger partial charge in [0.2, 0.25) is 0 Å². The normalized spacial score (nSPS) is 17.8. The fourth-order valence-electron chi connectivity index (χ4n) is 3.31. The first-order valence-corrected chi connectivity index (χ1v) is 9.10. The molecule has 3 rings (SSSR count). The predicted octanol–water partition coefficient (Wildman–Crippen LogP) is 3.57. The van der Waals surface area contributed by atoms with E-state index in [1.165, 1.54) is 5.56 Å². The molecule has 0 saturated carbocycles. The van der Waals surface area contributed by atoms with Crippen LogP contribution in [0.3, 0.4) is 0 Å². The number of benzene rings is 1. The number of anilines is 1. The molecule has 1 saturated heterocycles. The minimum atomic E-state index is 0.0327. The number of nitrogens with one attached hydrogen (secondary N) is 1. The van der Waals surface area contributed by atoms with E-state index in [9.17, 15) is 4.79 Å². The zero-order valence-electron chi connectivity index (χ0n) is 15.6. The predicted molar refractivity (Wildman–Crippen MR) is 101 cm³/mol. The molecule has 0 radical (unpaired) electrons. The highest BCUT2D eigenvalue weighted by Gasteiger charge is 2.26. The van der Waals surface area contributed by atoms with Crippen LogP contribution in [0.15, 0.2) is 30.3 Å². The van der Waals surface area contributed by atoms with Gasteiger partial charge in [0.05, 0.1) is 0 Å². The highest BCUT2D eigenvalue weighted by Crippen LogP contribution is 2.21. The Morgan fingerprint density at radius 1 is 1.28 bits per heavy atom. The Bertz CT molecular complexity index is 713. The van der Waals surface area contributed by atoms with Gasteiger partial charge < -0.3 is 10.2 Å². The number of amides is 1. The molecule has 1 N–H and O–H groups in total. The van der Waals surface area contributed by atoms with E-state index in [1.807, 2.05) is 24.9 Å². The van der Waals surface area contributed by atoms with Crippen LogP contribution in [0.25, 0.3) is 0 Å². The number of likely N-dealkylation sites (tertiary alicyclic amines) is 1. The van der Waals surface area contributed by atoms with E-state index in [2.05, 4.69) is 48.5 Å². The molecule has 2 heterocycles. The summed E-state index contributed by atoms with van der Waals surface area (Å²) >= 11 is 0.